The van der Waals surface area contributed by atoms with Gasteiger partial charge in [0.25, 0.3) is 0 Å². The fourth-order valence-electron chi connectivity index (χ4n) is 4.78. The highest BCUT2D eigenvalue weighted by Gasteiger charge is 2.25. The normalized spacial score (nSPS) is 15.7. The number of rotatable bonds is 8. The molecule has 0 saturated heterocycles. The average molecular weight is 528 g/mol. The molecule has 0 aliphatic carbocycles. The first-order valence-corrected chi connectivity index (χ1v) is 13.3. The van der Waals surface area contributed by atoms with E-state index < -0.39 is 11.9 Å². The minimum atomic E-state index is -0.800. The van der Waals surface area contributed by atoms with Crippen molar-refractivity contribution in [1.82, 2.24) is 9.88 Å². The lowest BCUT2D eigenvalue weighted by Gasteiger charge is -2.33. The zero-order valence-corrected chi connectivity index (χ0v) is 23.6. The highest BCUT2D eigenvalue weighted by Crippen LogP contribution is 2.38. The molecule has 2 heterocycles. The molecule has 0 spiro atoms. The number of methoxy groups -OCH3 is 1. The van der Waals surface area contributed by atoms with Crippen LogP contribution in [-0.2, 0) is 24.2 Å². The van der Waals surface area contributed by atoms with E-state index in [-0.39, 0.29) is 11.6 Å². The summed E-state index contributed by atoms with van der Waals surface area (Å²) in [6.45, 7) is 8.94. The molecule has 0 fully saturated rings. The number of aliphatic carboxylic acids is 1. The van der Waals surface area contributed by atoms with E-state index in [1.165, 1.54) is 0 Å². The molecule has 0 radical (unpaired) electrons. The highest BCUT2D eigenvalue weighted by molar-refractivity contribution is 5.74. The van der Waals surface area contributed by atoms with Gasteiger partial charge in [-0.2, -0.15) is 5.26 Å². The van der Waals surface area contributed by atoms with Crippen LogP contribution in [0.2, 0.25) is 0 Å². The van der Waals surface area contributed by atoms with E-state index in [2.05, 4.69) is 68.0 Å². The van der Waals surface area contributed by atoms with Crippen molar-refractivity contribution in [2.45, 2.75) is 65.1 Å². The van der Waals surface area contributed by atoms with E-state index in [4.69, 9.17) is 9.47 Å². The van der Waals surface area contributed by atoms with Gasteiger partial charge in [-0.15, -0.1) is 0 Å². The second-order valence-electron chi connectivity index (χ2n) is 11.4. The molecular weight excluding hydrogens is 490 g/mol. The summed E-state index contributed by atoms with van der Waals surface area (Å²) in [4.78, 5) is 17.9. The monoisotopic (exact) mass is 527 g/mol. The predicted octanol–water partition coefficient (Wildman–Crippen LogP) is 6.19. The summed E-state index contributed by atoms with van der Waals surface area (Å²) in [5.74, 6) is 0.0287. The summed E-state index contributed by atoms with van der Waals surface area (Å²) in [6.07, 6.45) is 3.63. The molecule has 0 bridgehead atoms. The van der Waals surface area contributed by atoms with E-state index >= 15 is 0 Å². The molecule has 3 aromatic rings. The summed E-state index contributed by atoms with van der Waals surface area (Å²) < 4.78 is 11.9. The number of ether oxygens (including phenoxy) is 2. The number of carboxylic acid groups (broad SMARTS) is 1. The van der Waals surface area contributed by atoms with Crippen LogP contribution in [0.4, 0.5) is 0 Å². The molecule has 7 nitrogen and oxygen atoms in total. The Bertz CT molecular complexity index is 1400. The lowest BCUT2D eigenvalue weighted by atomic mass is 9.90. The number of carboxylic acids is 1. The van der Waals surface area contributed by atoms with Crippen molar-refractivity contribution in [2.24, 2.45) is 5.92 Å². The van der Waals surface area contributed by atoms with Crippen molar-refractivity contribution in [3.05, 3.63) is 76.5 Å². The Hall–Kier alpha value is -3.89. The molecule has 2 atom stereocenters. The molecule has 0 amide bonds. The first kappa shape index (κ1) is 28.1. The lowest BCUT2D eigenvalue weighted by Crippen LogP contribution is -2.37. The van der Waals surface area contributed by atoms with Crippen molar-refractivity contribution < 1.29 is 19.4 Å². The quantitative estimate of drug-likeness (QED) is 0.373. The lowest BCUT2D eigenvalue weighted by molar-refractivity contribution is -0.141. The summed E-state index contributed by atoms with van der Waals surface area (Å²) >= 11 is 0. The fraction of sp³-hybridized carbons (Fsp3) is 0.406. The van der Waals surface area contributed by atoms with Gasteiger partial charge in [-0.05, 0) is 81.0 Å². The number of nitrogens with zero attached hydrogens (tertiary/aromatic N) is 3. The van der Waals surface area contributed by atoms with Crippen LogP contribution in [0, 0.1) is 17.2 Å². The molecule has 204 valence electrons. The Kier molecular flexibility index (Phi) is 8.27. The van der Waals surface area contributed by atoms with Crippen LogP contribution in [0.15, 0.2) is 48.7 Å². The summed E-state index contributed by atoms with van der Waals surface area (Å²) in [5, 5.41) is 19.1. The number of fused-ring (bicyclic) bond motifs is 1. The Labute approximate surface area is 231 Å². The number of nitriles is 1. The Balaban J connectivity index is 1.71. The Morgan fingerprint density at radius 1 is 1.23 bits per heavy atom. The van der Waals surface area contributed by atoms with Crippen molar-refractivity contribution in [1.29, 1.82) is 5.26 Å². The van der Waals surface area contributed by atoms with E-state index in [1.807, 2.05) is 18.2 Å². The maximum absolute atomic E-state index is 11.3. The molecule has 0 saturated carbocycles. The van der Waals surface area contributed by atoms with Crippen LogP contribution < -0.4 is 9.47 Å². The minimum absolute atomic E-state index is 0.0506. The maximum Gasteiger partial charge on any atom is 0.306 e. The minimum Gasteiger partial charge on any atom is -0.485 e. The fourth-order valence-corrected chi connectivity index (χ4v) is 4.78. The largest absolute Gasteiger partial charge is 0.485 e. The SMILES string of the molecule is COc1cc(-c2ccc(C3CCc4ccc(CC(C)C(=O)O)cc4O3)cc2CN(C)C(C)(C)C)c(C#N)cn1. The summed E-state index contributed by atoms with van der Waals surface area (Å²) in [6, 6.07) is 16.5. The summed E-state index contributed by atoms with van der Waals surface area (Å²) in [7, 11) is 3.67. The third kappa shape index (κ3) is 6.40. The zero-order valence-electron chi connectivity index (χ0n) is 23.6. The third-order valence-corrected chi connectivity index (χ3v) is 7.59. The molecule has 1 aliphatic rings. The van der Waals surface area contributed by atoms with Crippen LogP contribution in [0.3, 0.4) is 0 Å². The molecule has 1 N–H and O–H groups in total. The smallest absolute Gasteiger partial charge is 0.306 e. The van der Waals surface area contributed by atoms with Gasteiger partial charge in [0.1, 0.15) is 17.9 Å². The number of aromatic nitrogens is 1. The molecular formula is C32H37N3O4. The molecule has 39 heavy (non-hydrogen) atoms. The zero-order chi connectivity index (χ0) is 28.3. The second kappa shape index (κ2) is 11.5. The Morgan fingerprint density at radius 2 is 2.00 bits per heavy atom. The van der Waals surface area contributed by atoms with Gasteiger partial charge in [-0.3, -0.25) is 9.69 Å². The van der Waals surface area contributed by atoms with Crippen molar-refractivity contribution in [3.8, 4) is 28.8 Å². The van der Waals surface area contributed by atoms with Gasteiger partial charge < -0.3 is 14.6 Å². The van der Waals surface area contributed by atoms with Gasteiger partial charge in [0, 0.05) is 29.9 Å². The second-order valence-corrected chi connectivity index (χ2v) is 11.4. The van der Waals surface area contributed by atoms with Crippen molar-refractivity contribution in [2.75, 3.05) is 14.2 Å². The molecule has 1 aromatic heterocycles. The topological polar surface area (TPSA) is 95.7 Å². The van der Waals surface area contributed by atoms with Crippen LogP contribution in [-0.4, -0.2) is 40.7 Å². The van der Waals surface area contributed by atoms with Crippen LogP contribution >= 0.6 is 0 Å². The van der Waals surface area contributed by atoms with Crippen LogP contribution in [0.1, 0.15) is 68.0 Å². The molecule has 1 aliphatic heterocycles. The first-order chi connectivity index (χ1) is 18.5. The molecule has 4 rings (SSSR count). The molecule has 2 aromatic carbocycles. The number of aryl methyl sites for hydroxylation is 1. The van der Waals surface area contributed by atoms with Crippen molar-refractivity contribution in [3.63, 3.8) is 0 Å². The van der Waals surface area contributed by atoms with Gasteiger partial charge >= 0.3 is 5.97 Å². The van der Waals surface area contributed by atoms with Crippen LogP contribution in [0.5, 0.6) is 11.6 Å². The average Bonchev–Trinajstić information content (AvgIpc) is 2.91. The van der Waals surface area contributed by atoms with Gasteiger partial charge in [-0.25, -0.2) is 4.98 Å². The standard InChI is InChI=1S/C32H37N3O4/c1-20(31(36)37)13-21-7-8-22-10-12-28(39-29(22)14-21)23-9-11-26(24(15-23)19-35(5)32(2,3)4)27-16-30(38-6)34-18-25(27)17-33/h7-9,11,14-16,18,20,28H,10,12-13,19H2,1-6H3,(H,36,37). The molecule has 2 unspecified atom stereocenters. The predicted molar refractivity (Wildman–Crippen MR) is 151 cm³/mol. The van der Waals surface area contributed by atoms with E-state index in [9.17, 15) is 15.2 Å². The molecule has 7 heteroatoms. The maximum atomic E-state index is 11.3. The van der Waals surface area contributed by atoms with E-state index in [1.54, 1.807) is 20.2 Å². The van der Waals surface area contributed by atoms with Gasteiger partial charge in [0.15, 0.2) is 0 Å². The number of hydrogen-bond acceptors (Lipinski definition) is 6. The van der Waals surface area contributed by atoms with E-state index in [0.29, 0.717) is 24.4 Å². The summed E-state index contributed by atoms with van der Waals surface area (Å²) in [5.41, 5.74) is 6.47. The third-order valence-electron chi connectivity index (χ3n) is 7.59. The highest BCUT2D eigenvalue weighted by atomic mass is 16.5. The number of hydrogen-bond donors (Lipinski definition) is 1. The van der Waals surface area contributed by atoms with Gasteiger partial charge in [-0.1, -0.05) is 37.3 Å². The Morgan fingerprint density at radius 3 is 2.67 bits per heavy atom. The van der Waals surface area contributed by atoms with E-state index in [0.717, 1.165) is 52.0 Å². The number of pyridine rings is 1. The first-order valence-electron chi connectivity index (χ1n) is 13.3. The van der Waals surface area contributed by atoms with Gasteiger partial charge in [0.2, 0.25) is 5.88 Å². The number of carbonyl (C=O) groups is 1. The van der Waals surface area contributed by atoms with Crippen molar-refractivity contribution >= 4 is 5.97 Å². The van der Waals surface area contributed by atoms with Crippen LogP contribution in [0.25, 0.3) is 11.1 Å². The van der Waals surface area contributed by atoms with Gasteiger partial charge in [0.05, 0.1) is 18.6 Å². The number of benzene rings is 2.